The second kappa shape index (κ2) is 9.36. The molecule has 0 aliphatic carbocycles. The Labute approximate surface area is 220 Å². The molecule has 38 heavy (non-hydrogen) atoms. The summed E-state index contributed by atoms with van der Waals surface area (Å²) in [6.07, 6.45) is 1.20. The third-order valence-corrected chi connectivity index (χ3v) is 7.74. The summed E-state index contributed by atoms with van der Waals surface area (Å²) in [4.78, 5) is 12.9. The van der Waals surface area contributed by atoms with Crippen molar-refractivity contribution in [3.8, 4) is 0 Å². The summed E-state index contributed by atoms with van der Waals surface area (Å²) in [5.74, 6) is -0.263. The molecule has 0 unspecified atom stereocenters. The maximum Gasteiger partial charge on any atom is 0.255 e. The molecule has 0 atom stereocenters. The van der Waals surface area contributed by atoms with Gasteiger partial charge in [-0.2, -0.15) is 0 Å². The second-order valence-corrected chi connectivity index (χ2v) is 11.1. The fourth-order valence-corrected chi connectivity index (χ4v) is 5.64. The minimum Gasteiger partial charge on any atom is -0.456 e. The molecule has 1 heterocycles. The second-order valence-electron chi connectivity index (χ2n) is 9.23. The first-order chi connectivity index (χ1) is 18.4. The highest BCUT2D eigenvalue weighted by Gasteiger charge is 2.20. The number of amides is 1. The molecular formula is C31H24N2O4S. The lowest BCUT2D eigenvalue weighted by Gasteiger charge is -2.24. The van der Waals surface area contributed by atoms with E-state index in [0.29, 0.717) is 22.5 Å². The lowest BCUT2D eigenvalue weighted by atomic mass is 10.1. The van der Waals surface area contributed by atoms with Crippen molar-refractivity contribution in [1.82, 2.24) is 0 Å². The minimum atomic E-state index is -3.56. The molecule has 0 bridgehead atoms. The van der Waals surface area contributed by atoms with E-state index in [-0.39, 0.29) is 12.5 Å². The predicted octanol–water partition coefficient (Wildman–Crippen LogP) is 6.96. The molecule has 5 aromatic carbocycles. The van der Waals surface area contributed by atoms with E-state index < -0.39 is 10.0 Å². The number of carbonyl (C=O) groups excluding carboxylic acids is 1. The van der Waals surface area contributed by atoms with E-state index >= 15 is 0 Å². The maximum absolute atomic E-state index is 12.9. The first-order valence-corrected chi connectivity index (χ1v) is 14.0. The van der Waals surface area contributed by atoms with Crippen LogP contribution in [-0.2, 0) is 16.6 Å². The van der Waals surface area contributed by atoms with Gasteiger partial charge in [0.25, 0.3) is 5.91 Å². The molecule has 6 aromatic rings. The van der Waals surface area contributed by atoms with Crippen molar-refractivity contribution in [3.05, 3.63) is 120 Å². The number of anilines is 2. The van der Waals surface area contributed by atoms with Gasteiger partial charge < -0.3 is 9.73 Å². The number of nitrogens with one attached hydrogen (secondary N) is 1. The zero-order chi connectivity index (χ0) is 26.3. The predicted molar refractivity (Wildman–Crippen MR) is 153 cm³/mol. The van der Waals surface area contributed by atoms with Crippen molar-refractivity contribution in [2.45, 2.75) is 6.54 Å². The minimum absolute atomic E-state index is 0.150. The maximum atomic E-state index is 12.9. The Kier molecular flexibility index (Phi) is 5.85. The molecular weight excluding hydrogens is 496 g/mol. The van der Waals surface area contributed by atoms with E-state index in [1.807, 2.05) is 84.9 Å². The molecule has 1 aromatic heterocycles. The van der Waals surface area contributed by atoms with Crippen LogP contribution in [0.5, 0.6) is 0 Å². The average molecular weight is 521 g/mol. The van der Waals surface area contributed by atoms with Gasteiger partial charge in [-0.3, -0.25) is 9.10 Å². The van der Waals surface area contributed by atoms with E-state index in [9.17, 15) is 13.2 Å². The van der Waals surface area contributed by atoms with Gasteiger partial charge in [-0.05, 0) is 47.3 Å². The van der Waals surface area contributed by atoms with Gasteiger partial charge in [0.15, 0.2) is 0 Å². The van der Waals surface area contributed by atoms with Crippen LogP contribution in [0.25, 0.3) is 32.7 Å². The van der Waals surface area contributed by atoms with Crippen molar-refractivity contribution in [3.63, 3.8) is 0 Å². The summed E-state index contributed by atoms with van der Waals surface area (Å²) in [5.41, 5.74) is 3.98. The summed E-state index contributed by atoms with van der Waals surface area (Å²) < 4.78 is 32.8. The molecule has 0 radical (unpaired) electrons. The van der Waals surface area contributed by atoms with Gasteiger partial charge >= 0.3 is 0 Å². The van der Waals surface area contributed by atoms with Crippen LogP contribution in [-0.4, -0.2) is 20.6 Å². The van der Waals surface area contributed by atoms with Crippen molar-refractivity contribution in [1.29, 1.82) is 0 Å². The quantitative estimate of drug-likeness (QED) is 0.258. The largest absolute Gasteiger partial charge is 0.456 e. The first-order valence-electron chi connectivity index (χ1n) is 12.1. The van der Waals surface area contributed by atoms with E-state index in [2.05, 4.69) is 5.32 Å². The van der Waals surface area contributed by atoms with Crippen LogP contribution in [0.3, 0.4) is 0 Å². The Hall–Kier alpha value is -4.62. The number of carbonyl (C=O) groups is 1. The molecule has 0 aliphatic rings. The Morgan fingerprint density at radius 2 is 1.45 bits per heavy atom. The van der Waals surface area contributed by atoms with Gasteiger partial charge in [0.1, 0.15) is 11.2 Å². The Bertz CT molecular complexity index is 1920. The van der Waals surface area contributed by atoms with Gasteiger partial charge in [0, 0.05) is 33.5 Å². The summed E-state index contributed by atoms with van der Waals surface area (Å²) in [6, 6.07) is 33.7. The Balaban J connectivity index is 1.23. The molecule has 188 valence electrons. The molecule has 1 amide bonds. The number of para-hydroxylation sites is 1. The summed E-state index contributed by atoms with van der Waals surface area (Å²) in [6.45, 7) is 0.150. The smallest absolute Gasteiger partial charge is 0.255 e. The zero-order valence-corrected chi connectivity index (χ0v) is 21.4. The number of fused-ring (bicyclic) bond motifs is 4. The summed E-state index contributed by atoms with van der Waals surface area (Å²) >= 11 is 0. The van der Waals surface area contributed by atoms with Crippen molar-refractivity contribution in [2.24, 2.45) is 0 Å². The molecule has 6 rings (SSSR count). The van der Waals surface area contributed by atoms with E-state index in [0.717, 1.165) is 32.7 Å². The zero-order valence-electron chi connectivity index (χ0n) is 20.6. The average Bonchev–Trinajstić information content (AvgIpc) is 3.29. The number of rotatable bonds is 6. The van der Waals surface area contributed by atoms with E-state index in [4.69, 9.17) is 4.42 Å². The highest BCUT2D eigenvalue weighted by atomic mass is 32.2. The highest BCUT2D eigenvalue weighted by molar-refractivity contribution is 7.92. The van der Waals surface area contributed by atoms with Crippen LogP contribution in [0.4, 0.5) is 11.4 Å². The van der Waals surface area contributed by atoms with Gasteiger partial charge in [-0.25, -0.2) is 8.42 Å². The Morgan fingerprint density at radius 3 is 2.24 bits per heavy atom. The molecule has 0 aliphatic heterocycles. The molecule has 0 spiro atoms. The molecule has 0 saturated carbocycles. The van der Waals surface area contributed by atoms with Crippen LogP contribution < -0.4 is 9.62 Å². The fourth-order valence-electron chi connectivity index (χ4n) is 4.74. The highest BCUT2D eigenvalue weighted by Crippen LogP contribution is 2.31. The summed E-state index contributed by atoms with van der Waals surface area (Å²) in [7, 11) is -3.56. The van der Waals surface area contributed by atoms with Gasteiger partial charge in [0.2, 0.25) is 10.0 Å². The van der Waals surface area contributed by atoms with E-state index in [1.54, 1.807) is 24.3 Å². The van der Waals surface area contributed by atoms with Crippen LogP contribution in [0.15, 0.2) is 114 Å². The van der Waals surface area contributed by atoms with Gasteiger partial charge in [-0.1, -0.05) is 66.7 Å². The SMILES string of the molecule is CS(=O)(=O)N(Cc1ccc(C(=O)Nc2ccc3c(c2)oc2ccccc23)cc1)c1cccc2ccccc12. The first kappa shape index (κ1) is 23.8. The van der Waals surface area contributed by atoms with Crippen LogP contribution in [0.1, 0.15) is 15.9 Å². The topological polar surface area (TPSA) is 79.6 Å². The third kappa shape index (κ3) is 4.48. The van der Waals surface area contributed by atoms with Gasteiger partial charge in [-0.15, -0.1) is 0 Å². The fraction of sp³-hybridized carbons (Fsp3) is 0.0645. The summed E-state index contributed by atoms with van der Waals surface area (Å²) in [5, 5.41) is 6.76. The van der Waals surface area contributed by atoms with Crippen LogP contribution in [0, 0.1) is 0 Å². The number of nitrogens with zero attached hydrogens (tertiary/aromatic N) is 1. The Morgan fingerprint density at radius 1 is 0.763 bits per heavy atom. The van der Waals surface area contributed by atoms with Gasteiger partial charge in [0.05, 0.1) is 18.5 Å². The lowest BCUT2D eigenvalue weighted by molar-refractivity contribution is 0.102. The molecule has 6 nitrogen and oxygen atoms in total. The molecule has 0 saturated heterocycles. The van der Waals surface area contributed by atoms with Crippen molar-refractivity contribution < 1.29 is 17.6 Å². The number of benzene rings is 5. The monoisotopic (exact) mass is 520 g/mol. The normalized spacial score (nSPS) is 11.7. The third-order valence-electron chi connectivity index (χ3n) is 6.61. The van der Waals surface area contributed by atoms with E-state index in [1.165, 1.54) is 10.6 Å². The lowest BCUT2D eigenvalue weighted by Crippen LogP contribution is -2.29. The van der Waals surface area contributed by atoms with Crippen LogP contribution in [0.2, 0.25) is 0 Å². The van der Waals surface area contributed by atoms with Crippen molar-refractivity contribution in [2.75, 3.05) is 15.9 Å². The number of hydrogen-bond acceptors (Lipinski definition) is 4. The molecule has 7 heteroatoms. The van der Waals surface area contributed by atoms with Crippen molar-refractivity contribution >= 4 is 60.0 Å². The molecule has 1 N–H and O–H groups in total. The molecule has 0 fully saturated rings. The number of hydrogen-bond donors (Lipinski definition) is 1. The van der Waals surface area contributed by atoms with Crippen LogP contribution >= 0.6 is 0 Å². The number of furan rings is 1. The standard InChI is InChI=1S/C31H24N2O4S/c1-38(35,36)33(28-11-6-8-22-7-2-3-9-25(22)28)20-21-13-15-23(16-14-21)31(34)32-24-17-18-27-26-10-4-5-12-29(26)37-30(27)19-24/h2-19H,20H2,1H3,(H,32,34). The number of sulfonamides is 1.